The molecule has 1 aliphatic heterocycles. The number of rotatable bonds is 8. The fraction of sp³-hybridized carbons (Fsp3) is 0.591. The molecular weight excluding hydrogens is 340 g/mol. The van der Waals surface area contributed by atoms with E-state index >= 15 is 0 Å². The first-order valence-corrected chi connectivity index (χ1v) is 9.98. The van der Waals surface area contributed by atoms with Crippen molar-refractivity contribution >= 4 is 0 Å². The van der Waals surface area contributed by atoms with Crippen molar-refractivity contribution in [3.8, 4) is 11.5 Å². The first kappa shape index (κ1) is 19.7. The summed E-state index contributed by atoms with van der Waals surface area (Å²) < 4.78 is 16.9. The third-order valence-corrected chi connectivity index (χ3v) is 5.01. The molecule has 0 amide bonds. The molecule has 5 nitrogen and oxygen atoms in total. The summed E-state index contributed by atoms with van der Waals surface area (Å²) >= 11 is 0. The molecule has 1 aromatic heterocycles. The van der Waals surface area contributed by atoms with E-state index in [2.05, 4.69) is 56.0 Å². The fourth-order valence-electron chi connectivity index (χ4n) is 3.50. The topological polar surface area (TPSA) is 47.7 Å². The summed E-state index contributed by atoms with van der Waals surface area (Å²) in [7, 11) is 1.70. The van der Waals surface area contributed by atoms with E-state index in [1.165, 1.54) is 12.0 Å². The zero-order valence-electron chi connectivity index (χ0n) is 17.2. The number of hydrogen-bond acceptors (Lipinski definition) is 5. The van der Waals surface area contributed by atoms with Crippen molar-refractivity contribution < 1.29 is 14.0 Å². The maximum atomic E-state index is 5.87. The predicted molar refractivity (Wildman–Crippen MR) is 106 cm³/mol. The number of methoxy groups -OCH3 is 1. The molecule has 0 bridgehead atoms. The Labute approximate surface area is 162 Å². The van der Waals surface area contributed by atoms with Crippen LogP contribution in [-0.2, 0) is 6.54 Å². The van der Waals surface area contributed by atoms with Gasteiger partial charge in [-0.25, -0.2) is 0 Å². The predicted octanol–water partition coefficient (Wildman–Crippen LogP) is 5.18. The Morgan fingerprint density at radius 2 is 2.00 bits per heavy atom. The highest BCUT2D eigenvalue weighted by molar-refractivity contribution is 5.43. The van der Waals surface area contributed by atoms with Crippen molar-refractivity contribution in [3.05, 3.63) is 41.3 Å². The molecule has 1 atom stereocenters. The highest BCUT2D eigenvalue weighted by Gasteiger charge is 2.29. The lowest BCUT2D eigenvalue weighted by molar-refractivity contribution is 0.234. The van der Waals surface area contributed by atoms with Gasteiger partial charge in [-0.2, -0.15) is 0 Å². The van der Waals surface area contributed by atoms with E-state index in [1.807, 2.05) is 6.07 Å². The molecule has 1 aliphatic rings. The largest absolute Gasteiger partial charge is 0.493 e. The molecule has 1 saturated heterocycles. The zero-order chi connectivity index (χ0) is 19.4. The average Bonchev–Trinajstić information content (AvgIpc) is 3.29. The Kier molecular flexibility index (Phi) is 6.42. The maximum absolute atomic E-state index is 5.87. The van der Waals surface area contributed by atoms with Gasteiger partial charge in [-0.1, -0.05) is 38.9 Å². The first-order chi connectivity index (χ1) is 13.0. The summed E-state index contributed by atoms with van der Waals surface area (Å²) in [5, 5.41) is 4.34. The molecule has 2 heterocycles. The van der Waals surface area contributed by atoms with E-state index in [9.17, 15) is 0 Å². The van der Waals surface area contributed by atoms with E-state index in [0.29, 0.717) is 24.5 Å². The third-order valence-electron chi connectivity index (χ3n) is 5.01. The second kappa shape index (κ2) is 8.79. The Bertz CT molecular complexity index is 739. The molecule has 0 saturated carbocycles. The summed E-state index contributed by atoms with van der Waals surface area (Å²) in [4.78, 5) is 2.48. The molecule has 27 heavy (non-hydrogen) atoms. The minimum Gasteiger partial charge on any atom is -0.493 e. The minimum atomic E-state index is 0.323. The number of hydrogen-bond donors (Lipinski definition) is 0. The van der Waals surface area contributed by atoms with Crippen molar-refractivity contribution in [3.63, 3.8) is 0 Å². The molecule has 0 N–H and O–H groups in total. The van der Waals surface area contributed by atoms with E-state index in [4.69, 9.17) is 14.0 Å². The van der Waals surface area contributed by atoms with Crippen molar-refractivity contribution in [2.75, 3.05) is 20.3 Å². The maximum Gasteiger partial charge on any atom is 0.161 e. The molecule has 5 heteroatoms. The Morgan fingerprint density at radius 3 is 2.67 bits per heavy atom. The van der Waals surface area contributed by atoms with Gasteiger partial charge in [-0.3, -0.25) is 4.90 Å². The number of ether oxygens (including phenoxy) is 2. The summed E-state index contributed by atoms with van der Waals surface area (Å²) in [6.45, 7) is 11.2. The number of aromatic nitrogens is 1. The SMILES string of the molecule is COc1cc(CN2CCC[C@H]2c2cc(C(C)C)on2)ccc1OCC(C)C. The van der Waals surface area contributed by atoms with E-state index in [-0.39, 0.29) is 0 Å². The van der Waals surface area contributed by atoms with Crippen molar-refractivity contribution in [1.82, 2.24) is 10.1 Å². The van der Waals surface area contributed by atoms with Crippen LogP contribution in [0.1, 0.15) is 69.5 Å². The van der Waals surface area contributed by atoms with Gasteiger partial charge in [0.15, 0.2) is 11.5 Å². The van der Waals surface area contributed by atoms with Crippen LogP contribution < -0.4 is 9.47 Å². The van der Waals surface area contributed by atoms with Crippen LogP contribution in [0.25, 0.3) is 0 Å². The molecule has 1 aromatic carbocycles. The second-order valence-corrected chi connectivity index (χ2v) is 8.13. The lowest BCUT2D eigenvalue weighted by Crippen LogP contribution is -2.23. The Balaban J connectivity index is 1.71. The van der Waals surface area contributed by atoms with Crippen LogP contribution in [-0.4, -0.2) is 30.3 Å². The number of nitrogens with zero attached hydrogens (tertiary/aromatic N) is 2. The zero-order valence-corrected chi connectivity index (χ0v) is 17.2. The van der Waals surface area contributed by atoms with Gasteiger partial charge in [-0.05, 0) is 43.0 Å². The molecule has 0 aliphatic carbocycles. The van der Waals surface area contributed by atoms with Gasteiger partial charge in [0, 0.05) is 18.5 Å². The molecule has 148 valence electrons. The molecule has 0 radical (unpaired) electrons. The summed E-state index contributed by atoms with van der Waals surface area (Å²) in [6, 6.07) is 8.69. The molecule has 3 rings (SSSR count). The van der Waals surface area contributed by atoms with Crippen LogP contribution in [0.2, 0.25) is 0 Å². The van der Waals surface area contributed by atoms with E-state index in [1.54, 1.807) is 7.11 Å². The van der Waals surface area contributed by atoms with Gasteiger partial charge in [0.05, 0.1) is 19.8 Å². The van der Waals surface area contributed by atoms with Gasteiger partial charge in [0.1, 0.15) is 11.5 Å². The monoisotopic (exact) mass is 372 g/mol. The molecule has 0 unspecified atom stereocenters. The normalized spacial score (nSPS) is 17.8. The Morgan fingerprint density at radius 1 is 1.19 bits per heavy atom. The van der Waals surface area contributed by atoms with Crippen LogP contribution in [0.5, 0.6) is 11.5 Å². The minimum absolute atomic E-state index is 0.323. The van der Waals surface area contributed by atoms with Gasteiger partial charge in [0.2, 0.25) is 0 Å². The lowest BCUT2D eigenvalue weighted by atomic mass is 10.1. The van der Waals surface area contributed by atoms with Gasteiger partial charge in [0.25, 0.3) is 0 Å². The van der Waals surface area contributed by atoms with E-state index < -0.39 is 0 Å². The molecule has 2 aromatic rings. The molecular formula is C22H32N2O3. The van der Waals surface area contributed by atoms with Gasteiger partial charge in [-0.15, -0.1) is 0 Å². The third kappa shape index (κ3) is 4.83. The quantitative estimate of drug-likeness (QED) is 0.639. The van der Waals surface area contributed by atoms with Crippen LogP contribution in [0, 0.1) is 5.92 Å². The summed E-state index contributed by atoms with van der Waals surface area (Å²) in [5.74, 6) is 3.42. The van der Waals surface area contributed by atoms with Crippen molar-refractivity contribution in [2.24, 2.45) is 5.92 Å². The van der Waals surface area contributed by atoms with Crippen LogP contribution in [0.4, 0.5) is 0 Å². The lowest BCUT2D eigenvalue weighted by Gasteiger charge is -2.23. The summed E-state index contributed by atoms with van der Waals surface area (Å²) in [5.41, 5.74) is 2.28. The fourth-order valence-corrected chi connectivity index (χ4v) is 3.50. The molecule has 0 spiro atoms. The van der Waals surface area contributed by atoms with Gasteiger partial charge >= 0.3 is 0 Å². The highest BCUT2D eigenvalue weighted by Crippen LogP contribution is 2.35. The van der Waals surface area contributed by atoms with Crippen LogP contribution >= 0.6 is 0 Å². The number of benzene rings is 1. The van der Waals surface area contributed by atoms with Crippen molar-refractivity contribution in [2.45, 2.75) is 59.0 Å². The number of likely N-dealkylation sites (tertiary alicyclic amines) is 1. The smallest absolute Gasteiger partial charge is 0.161 e. The highest BCUT2D eigenvalue weighted by atomic mass is 16.5. The summed E-state index contributed by atoms with van der Waals surface area (Å²) in [6.07, 6.45) is 2.30. The standard InChI is InChI=1S/C22H32N2O3/c1-15(2)14-26-20-9-8-17(11-22(20)25-5)13-24-10-6-7-19(24)18-12-21(16(3)4)27-23-18/h8-9,11-12,15-16,19H,6-7,10,13-14H2,1-5H3/t19-/m0/s1. The van der Waals surface area contributed by atoms with Crippen LogP contribution in [0.15, 0.2) is 28.8 Å². The van der Waals surface area contributed by atoms with E-state index in [0.717, 1.165) is 42.5 Å². The average molecular weight is 373 g/mol. The second-order valence-electron chi connectivity index (χ2n) is 8.13. The first-order valence-electron chi connectivity index (χ1n) is 9.98. The Hall–Kier alpha value is -2.01. The van der Waals surface area contributed by atoms with Crippen molar-refractivity contribution in [1.29, 1.82) is 0 Å². The van der Waals surface area contributed by atoms with Crippen LogP contribution in [0.3, 0.4) is 0 Å². The molecule has 1 fully saturated rings. The van der Waals surface area contributed by atoms with Gasteiger partial charge < -0.3 is 14.0 Å².